The minimum Gasteiger partial charge on any atom is -0.489 e. The monoisotopic (exact) mass is 428 g/mol. The average molecular weight is 429 g/mol. The number of carbonyl (C=O) groups excluding carboxylic acids is 1. The molecule has 4 nitrogen and oxygen atoms in total. The van der Waals surface area contributed by atoms with Crippen LogP contribution in [-0.2, 0) is 23.8 Å². The lowest BCUT2D eigenvalue weighted by atomic mass is 10.1. The molecule has 0 spiro atoms. The van der Waals surface area contributed by atoms with Gasteiger partial charge in [-0.05, 0) is 48.0 Å². The molecule has 3 N–H and O–H groups in total. The Labute approximate surface area is 162 Å². The molecule has 0 heterocycles. The molecule has 0 aliphatic rings. The van der Waals surface area contributed by atoms with Gasteiger partial charge in [-0.25, -0.2) is 0 Å². The third kappa shape index (κ3) is 6.61. The second-order valence-electron chi connectivity index (χ2n) is 5.48. The smallest absolute Gasteiger partial charge is 0.416 e. The lowest BCUT2D eigenvalue weighted by Crippen LogP contribution is -2.21. The van der Waals surface area contributed by atoms with Crippen molar-refractivity contribution in [3.8, 4) is 5.75 Å². The zero-order valence-corrected chi connectivity index (χ0v) is 14.8. The Morgan fingerprint density at radius 1 is 0.929 bits per heavy atom. The SMILES string of the molecule is Cl.NCC(=O)Nc1ccc(OCc2cc(C(F)(F)F)cc(C(F)(F)F)c2)cc1. The molecule has 0 unspecified atom stereocenters. The van der Waals surface area contributed by atoms with Gasteiger partial charge >= 0.3 is 12.4 Å². The van der Waals surface area contributed by atoms with Crippen LogP contribution in [0.5, 0.6) is 5.75 Å². The summed E-state index contributed by atoms with van der Waals surface area (Å²) in [7, 11) is 0. The molecule has 2 rings (SSSR count). The predicted molar refractivity (Wildman–Crippen MR) is 92.2 cm³/mol. The molecule has 154 valence electrons. The normalized spacial score (nSPS) is 11.5. The molecule has 0 aliphatic carbocycles. The van der Waals surface area contributed by atoms with E-state index in [1.165, 1.54) is 24.3 Å². The number of hydrogen-bond acceptors (Lipinski definition) is 3. The van der Waals surface area contributed by atoms with Gasteiger partial charge in [0.05, 0.1) is 17.7 Å². The Kier molecular flexibility index (Phi) is 7.71. The van der Waals surface area contributed by atoms with Gasteiger partial charge in [-0.15, -0.1) is 12.4 Å². The predicted octanol–water partition coefficient (Wildman–Crippen LogP) is 4.62. The van der Waals surface area contributed by atoms with Crippen molar-refractivity contribution in [2.75, 3.05) is 11.9 Å². The fourth-order valence-electron chi connectivity index (χ4n) is 2.12. The first kappa shape index (κ1) is 23.6. The minimum absolute atomic E-state index is 0. The van der Waals surface area contributed by atoms with E-state index >= 15 is 0 Å². The molecule has 0 atom stereocenters. The number of carbonyl (C=O) groups is 1. The van der Waals surface area contributed by atoms with Crippen molar-refractivity contribution in [3.05, 3.63) is 59.2 Å². The van der Waals surface area contributed by atoms with E-state index in [1.54, 1.807) is 0 Å². The summed E-state index contributed by atoms with van der Waals surface area (Å²) in [4.78, 5) is 11.2. The van der Waals surface area contributed by atoms with Gasteiger partial charge in [0.2, 0.25) is 5.91 Å². The Balaban J connectivity index is 0.00000392. The first-order chi connectivity index (χ1) is 12.5. The van der Waals surface area contributed by atoms with Crippen molar-refractivity contribution >= 4 is 24.0 Å². The van der Waals surface area contributed by atoms with Crippen molar-refractivity contribution in [1.82, 2.24) is 0 Å². The third-order valence-corrected chi connectivity index (χ3v) is 3.38. The largest absolute Gasteiger partial charge is 0.489 e. The molecule has 0 aromatic heterocycles. The molecule has 0 aliphatic heterocycles. The van der Waals surface area contributed by atoms with Crippen molar-refractivity contribution < 1.29 is 35.9 Å². The number of amides is 1. The molecule has 11 heteroatoms. The van der Waals surface area contributed by atoms with Gasteiger partial charge in [-0.1, -0.05) is 0 Å². The van der Waals surface area contributed by atoms with Crippen LogP contribution >= 0.6 is 12.4 Å². The van der Waals surface area contributed by atoms with Gasteiger partial charge in [0.1, 0.15) is 12.4 Å². The van der Waals surface area contributed by atoms with Gasteiger partial charge in [0, 0.05) is 5.69 Å². The van der Waals surface area contributed by atoms with E-state index in [-0.39, 0.29) is 36.3 Å². The Hall–Kier alpha value is -2.46. The highest BCUT2D eigenvalue weighted by Crippen LogP contribution is 2.36. The van der Waals surface area contributed by atoms with E-state index in [0.717, 1.165) is 0 Å². The highest BCUT2D eigenvalue weighted by atomic mass is 35.5. The first-order valence-corrected chi connectivity index (χ1v) is 7.50. The summed E-state index contributed by atoms with van der Waals surface area (Å²) in [5.74, 6) is -0.223. The highest BCUT2D eigenvalue weighted by Gasteiger charge is 2.36. The van der Waals surface area contributed by atoms with Crippen LogP contribution in [0, 0.1) is 0 Å². The molecule has 0 saturated carbocycles. The number of anilines is 1. The van der Waals surface area contributed by atoms with Crippen LogP contribution in [0.15, 0.2) is 42.5 Å². The molecular formula is C17H15ClF6N2O2. The maximum absolute atomic E-state index is 12.8. The summed E-state index contributed by atoms with van der Waals surface area (Å²) in [6, 6.07) is 6.98. The zero-order chi connectivity index (χ0) is 20.2. The van der Waals surface area contributed by atoms with E-state index in [9.17, 15) is 31.1 Å². The number of halogens is 7. The number of benzene rings is 2. The summed E-state index contributed by atoms with van der Waals surface area (Å²) in [5, 5.41) is 2.47. The average Bonchev–Trinajstić information content (AvgIpc) is 2.59. The number of ether oxygens (including phenoxy) is 1. The molecule has 0 radical (unpaired) electrons. The maximum Gasteiger partial charge on any atom is 0.416 e. The number of nitrogens with two attached hydrogens (primary N) is 1. The van der Waals surface area contributed by atoms with Gasteiger partial charge in [0.15, 0.2) is 0 Å². The Bertz CT molecular complexity index is 775. The second kappa shape index (κ2) is 9.16. The fourth-order valence-corrected chi connectivity index (χ4v) is 2.12. The quantitative estimate of drug-likeness (QED) is 0.683. The van der Waals surface area contributed by atoms with Gasteiger partial charge < -0.3 is 15.8 Å². The van der Waals surface area contributed by atoms with Crippen LogP contribution in [0.25, 0.3) is 0 Å². The Morgan fingerprint density at radius 2 is 1.43 bits per heavy atom. The number of hydrogen-bond donors (Lipinski definition) is 2. The summed E-state index contributed by atoms with van der Waals surface area (Å²) in [5.41, 5.74) is 2.47. The van der Waals surface area contributed by atoms with Crippen molar-refractivity contribution in [2.24, 2.45) is 5.73 Å². The topological polar surface area (TPSA) is 64.4 Å². The standard InChI is InChI=1S/C17H14F6N2O2.ClH/c18-16(19,20)11-5-10(6-12(7-11)17(21,22)23)9-27-14-3-1-13(2-4-14)25-15(26)8-24;/h1-7H,8-9,24H2,(H,25,26);1H. The lowest BCUT2D eigenvalue weighted by molar-refractivity contribution is -0.143. The number of nitrogens with one attached hydrogen (secondary N) is 1. The van der Waals surface area contributed by atoms with Crippen LogP contribution < -0.4 is 15.8 Å². The van der Waals surface area contributed by atoms with E-state index in [1.807, 2.05) is 0 Å². The van der Waals surface area contributed by atoms with Crippen molar-refractivity contribution in [3.63, 3.8) is 0 Å². The molecule has 2 aromatic carbocycles. The maximum atomic E-state index is 12.8. The lowest BCUT2D eigenvalue weighted by Gasteiger charge is -2.15. The van der Waals surface area contributed by atoms with Crippen LogP contribution in [0.1, 0.15) is 16.7 Å². The molecule has 0 saturated heterocycles. The van der Waals surface area contributed by atoms with E-state index in [4.69, 9.17) is 10.5 Å². The van der Waals surface area contributed by atoms with E-state index < -0.39 is 36.0 Å². The minimum atomic E-state index is -4.92. The van der Waals surface area contributed by atoms with Crippen LogP contribution in [0.4, 0.5) is 32.0 Å². The number of rotatable bonds is 5. The number of alkyl halides is 6. The van der Waals surface area contributed by atoms with E-state index in [2.05, 4.69) is 5.32 Å². The molecular weight excluding hydrogens is 414 g/mol. The molecule has 0 fully saturated rings. The van der Waals surface area contributed by atoms with Gasteiger partial charge in [-0.2, -0.15) is 26.3 Å². The second-order valence-corrected chi connectivity index (χ2v) is 5.48. The van der Waals surface area contributed by atoms with Crippen LogP contribution in [-0.4, -0.2) is 12.5 Å². The molecule has 1 amide bonds. The summed E-state index contributed by atoms with van der Waals surface area (Å²) in [6.45, 7) is -0.711. The van der Waals surface area contributed by atoms with Crippen LogP contribution in [0.2, 0.25) is 0 Å². The Morgan fingerprint density at radius 3 is 1.86 bits per heavy atom. The zero-order valence-electron chi connectivity index (χ0n) is 14.0. The summed E-state index contributed by atoms with van der Waals surface area (Å²) >= 11 is 0. The van der Waals surface area contributed by atoms with Crippen molar-refractivity contribution in [2.45, 2.75) is 19.0 Å². The van der Waals surface area contributed by atoms with Gasteiger partial charge in [-0.3, -0.25) is 4.79 Å². The first-order valence-electron chi connectivity index (χ1n) is 7.50. The van der Waals surface area contributed by atoms with E-state index in [0.29, 0.717) is 17.8 Å². The van der Waals surface area contributed by atoms with Crippen LogP contribution in [0.3, 0.4) is 0 Å². The molecule has 0 bridgehead atoms. The summed E-state index contributed by atoms with van der Waals surface area (Å²) < 4.78 is 82.2. The summed E-state index contributed by atoms with van der Waals surface area (Å²) in [6.07, 6.45) is -9.84. The van der Waals surface area contributed by atoms with Crippen molar-refractivity contribution in [1.29, 1.82) is 0 Å². The molecule has 2 aromatic rings. The fraction of sp³-hybridized carbons (Fsp3) is 0.235. The highest BCUT2D eigenvalue weighted by molar-refractivity contribution is 5.92. The van der Waals surface area contributed by atoms with Gasteiger partial charge in [0.25, 0.3) is 0 Å². The third-order valence-electron chi connectivity index (χ3n) is 3.38. The molecule has 28 heavy (non-hydrogen) atoms.